The van der Waals surface area contributed by atoms with Crippen LogP contribution in [0.5, 0.6) is 0 Å². The van der Waals surface area contributed by atoms with Crippen molar-refractivity contribution >= 4 is 44.4 Å². The lowest BCUT2D eigenvalue weighted by Crippen LogP contribution is -2.09. The summed E-state index contributed by atoms with van der Waals surface area (Å²) >= 11 is 1.92. The zero-order valence-corrected chi connectivity index (χ0v) is 13.9. The normalized spacial score (nSPS) is 10.4. The highest BCUT2D eigenvalue weighted by Crippen LogP contribution is 2.29. The number of rotatable bonds is 5. The molecule has 0 saturated heterocycles. The van der Waals surface area contributed by atoms with E-state index in [2.05, 4.69) is 10.3 Å². The van der Waals surface area contributed by atoms with Crippen molar-refractivity contribution in [3.05, 3.63) is 66.9 Å². The number of carbonyl (C=O) groups is 1. The van der Waals surface area contributed by atoms with Crippen LogP contribution < -0.4 is 5.32 Å². The van der Waals surface area contributed by atoms with Gasteiger partial charge in [-0.1, -0.05) is 23.5 Å². The molecular formula is C14H8N4O5S2. The Hall–Kier alpha value is -3.18. The average Bonchev–Trinajstić information content (AvgIpc) is 3.24. The second kappa shape index (κ2) is 6.75. The molecule has 1 amide bonds. The molecule has 0 saturated carbocycles. The van der Waals surface area contributed by atoms with Crippen molar-refractivity contribution in [1.82, 2.24) is 4.98 Å². The Morgan fingerprint density at radius 2 is 1.92 bits per heavy atom. The molecule has 1 N–H and O–H groups in total. The molecule has 3 rings (SSSR count). The lowest BCUT2D eigenvalue weighted by atomic mass is 10.1. The fourth-order valence-electron chi connectivity index (χ4n) is 1.95. The average molecular weight is 376 g/mol. The van der Waals surface area contributed by atoms with E-state index < -0.39 is 15.8 Å². The summed E-state index contributed by atoms with van der Waals surface area (Å²) in [6.45, 7) is 0. The fraction of sp³-hybridized carbons (Fsp3) is 0. The van der Waals surface area contributed by atoms with E-state index in [0.717, 1.165) is 22.7 Å². The van der Waals surface area contributed by atoms with Crippen LogP contribution in [0.4, 0.5) is 15.8 Å². The largest absolute Gasteiger partial charge is 0.324 e. The van der Waals surface area contributed by atoms with Crippen LogP contribution in [-0.4, -0.2) is 20.7 Å². The molecule has 0 fully saturated rings. The van der Waals surface area contributed by atoms with Crippen LogP contribution >= 0.6 is 22.7 Å². The van der Waals surface area contributed by atoms with Crippen LogP contribution in [0.15, 0.2) is 41.8 Å². The lowest BCUT2D eigenvalue weighted by Gasteiger charge is -1.98. The van der Waals surface area contributed by atoms with Crippen LogP contribution in [0.2, 0.25) is 0 Å². The number of hydrogen-bond donors (Lipinski definition) is 1. The molecule has 126 valence electrons. The number of non-ortho nitro benzene ring substituents is 1. The second-order valence-electron chi connectivity index (χ2n) is 4.69. The summed E-state index contributed by atoms with van der Waals surface area (Å²) in [4.78, 5) is 36.9. The number of benzene rings is 1. The Morgan fingerprint density at radius 1 is 1.12 bits per heavy atom. The number of thiazole rings is 1. The Labute approximate surface area is 147 Å². The molecule has 0 spiro atoms. The number of amides is 1. The molecule has 0 radical (unpaired) electrons. The minimum atomic E-state index is -0.564. The van der Waals surface area contributed by atoms with E-state index in [1.165, 1.54) is 24.3 Å². The Morgan fingerprint density at radius 3 is 2.60 bits per heavy atom. The van der Waals surface area contributed by atoms with E-state index >= 15 is 0 Å². The summed E-state index contributed by atoms with van der Waals surface area (Å²) in [6.07, 6.45) is 0. The minimum absolute atomic E-state index is 0.0537. The fourth-order valence-corrected chi connectivity index (χ4v) is 3.38. The van der Waals surface area contributed by atoms with Gasteiger partial charge in [0.15, 0.2) is 5.13 Å². The van der Waals surface area contributed by atoms with Gasteiger partial charge >= 0.3 is 5.00 Å². The molecule has 11 heteroatoms. The van der Waals surface area contributed by atoms with Crippen molar-refractivity contribution in [2.75, 3.05) is 5.32 Å². The Kier molecular flexibility index (Phi) is 4.50. The third kappa shape index (κ3) is 3.67. The third-order valence-electron chi connectivity index (χ3n) is 3.07. The smallest absolute Gasteiger partial charge is 0.297 e. The summed E-state index contributed by atoms with van der Waals surface area (Å²) in [5.74, 6) is -0.502. The van der Waals surface area contributed by atoms with Crippen molar-refractivity contribution in [3.8, 4) is 11.3 Å². The minimum Gasteiger partial charge on any atom is -0.297 e. The van der Waals surface area contributed by atoms with Crippen LogP contribution in [0, 0.1) is 20.2 Å². The molecule has 1 aromatic carbocycles. The van der Waals surface area contributed by atoms with E-state index in [-0.39, 0.29) is 15.6 Å². The van der Waals surface area contributed by atoms with Gasteiger partial charge in [0.2, 0.25) is 0 Å². The molecule has 25 heavy (non-hydrogen) atoms. The highest BCUT2D eigenvalue weighted by molar-refractivity contribution is 7.17. The molecule has 0 bridgehead atoms. The van der Waals surface area contributed by atoms with E-state index in [4.69, 9.17) is 0 Å². The molecule has 3 aromatic rings. The highest BCUT2D eigenvalue weighted by atomic mass is 32.1. The summed E-state index contributed by atoms with van der Waals surface area (Å²) < 4.78 is 0. The molecule has 0 aliphatic carbocycles. The van der Waals surface area contributed by atoms with E-state index in [0.29, 0.717) is 16.4 Å². The van der Waals surface area contributed by atoms with Gasteiger partial charge in [0.1, 0.15) is 0 Å². The monoisotopic (exact) mass is 376 g/mol. The van der Waals surface area contributed by atoms with Gasteiger partial charge in [0.25, 0.3) is 11.6 Å². The van der Waals surface area contributed by atoms with Crippen LogP contribution in [-0.2, 0) is 0 Å². The number of nitrogens with zero attached hydrogens (tertiary/aromatic N) is 3. The van der Waals surface area contributed by atoms with Gasteiger partial charge in [-0.25, -0.2) is 4.98 Å². The maximum absolute atomic E-state index is 12.1. The number of aromatic nitrogens is 1. The number of nitrogens with one attached hydrogen (secondary N) is 1. The van der Waals surface area contributed by atoms with Gasteiger partial charge < -0.3 is 0 Å². The van der Waals surface area contributed by atoms with Crippen molar-refractivity contribution in [3.63, 3.8) is 0 Å². The number of carbonyl (C=O) groups excluding carboxylic acids is 1. The maximum Gasteiger partial charge on any atom is 0.324 e. The van der Waals surface area contributed by atoms with E-state index in [9.17, 15) is 25.0 Å². The Balaban J connectivity index is 1.77. The second-order valence-corrected chi connectivity index (χ2v) is 6.61. The van der Waals surface area contributed by atoms with Gasteiger partial charge in [-0.05, 0) is 6.07 Å². The topological polar surface area (TPSA) is 128 Å². The first-order chi connectivity index (χ1) is 11.9. The number of hydrogen-bond acceptors (Lipinski definition) is 8. The van der Waals surface area contributed by atoms with E-state index in [1.807, 2.05) is 0 Å². The summed E-state index contributed by atoms with van der Waals surface area (Å²) in [5.41, 5.74) is 0.987. The molecule has 0 unspecified atom stereocenters. The molecule has 0 aliphatic heterocycles. The van der Waals surface area contributed by atoms with Gasteiger partial charge in [-0.3, -0.25) is 30.3 Å². The third-order valence-corrected chi connectivity index (χ3v) is 4.87. The molecule has 9 nitrogen and oxygen atoms in total. The summed E-state index contributed by atoms with van der Waals surface area (Å²) in [6, 6.07) is 8.63. The van der Waals surface area contributed by atoms with Crippen molar-refractivity contribution in [1.29, 1.82) is 0 Å². The number of nitro groups is 2. The van der Waals surface area contributed by atoms with Gasteiger partial charge in [0.05, 0.1) is 20.4 Å². The number of nitro benzene ring substituents is 1. The number of anilines is 1. The van der Waals surface area contributed by atoms with Crippen molar-refractivity contribution in [2.24, 2.45) is 0 Å². The van der Waals surface area contributed by atoms with E-state index in [1.54, 1.807) is 17.5 Å². The van der Waals surface area contributed by atoms with Gasteiger partial charge in [0, 0.05) is 29.1 Å². The zero-order valence-electron chi connectivity index (χ0n) is 12.2. The van der Waals surface area contributed by atoms with Crippen LogP contribution in [0.25, 0.3) is 11.3 Å². The Bertz CT molecular complexity index is 981. The SMILES string of the molecule is O=C(Nc1nc(-c2cccc([N+](=O)[O-])c2)cs1)c1ccc([N+](=O)[O-])s1. The van der Waals surface area contributed by atoms with Crippen LogP contribution in [0.1, 0.15) is 9.67 Å². The predicted molar refractivity (Wildman–Crippen MR) is 93.1 cm³/mol. The van der Waals surface area contributed by atoms with Crippen molar-refractivity contribution in [2.45, 2.75) is 0 Å². The predicted octanol–water partition coefficient (Wildman–Crippen LogP) is 3.94. The first kappa shape index (κ1) is 16.7. The highest BCUT2D eigenvalue weighted by Gasteiger charge is 2.17. The maximum atomic E-state index is 12.1. The summed E-state index contributed by atoms with van der Waals surface area (Å²) in [5, 5.41) is 25.9. The standard InChI is InChI=1S/C14H8N4O5S2/c19-13(11-4-5-12(25-11)18(22)23)16-14-15-10(7-24-14)8-2-1-3-9(6-8)17(20)21/h1-7H,(H,15,16,19). The molecule has 0 atom stereocenters. The molecule has 0 aliphatic rings. The molecular weight excluding hydrogens is 368 g/mol. The van der Waals surface area contributed by atoms with Gasteiger partial charge in [-0.15, -0.1) is 11.3 Å². The zero-order chi connectivity index (χ0) is 18.0. The van der Waals surface area contributed by atoms with Gasteiger partial charge in [-0.2, -0.15) is 0 Å². The molecule has 2 aromatic heterocycles. The lowest BCUT2D eigenvalue weighted by molar-refractivity contribution is -0.384. The van der Waals surface area contributed by atoms with Crippen LogP contribution in [0.3, 0.4) is 0 Å². The summed E-state index contributed by atoms with van der Waals surface area (Å²) in [7, 11) is 0. The first-order valence-electron chi connectivity index (χ1n) is 6.70. The number of thiophene rings is 1. The quantitative estimate of drug-likeness (QED) is 0.530. The molecule has 2 heterocycles. The first-order valence-corrected chi connectivity index (χ1v) is 8.39. The van der Waals surface area contributed by atoms with Crippen molar-refractivity contribution < 1.29 is 14.6 Å².